The molecule has 0 unspecified atom stereocenters. The molecule has 8 heteroatoms. The van der Waals surface area contributed by atoms with Crippen molar-refractivity contribution in [1.29, 1.82) is 0 Å². The first-order valence-electron chi connectivity index (χ1n) is 8.48. The fourth-order valence-electron chi connectivity index (χ4n) is 2.54. The van der Waals surface area contributed by atoms with Crippen LogP contribution in [0.1, 0.15) is 30.5 Å². The molecule has 27 heavy (non-hydrogen) atoms. The topological polar surface area (TPSA) is 126 Å². The summed E-state index contributed by atoms with van der Waals surface area (Å²) in [5.74, 6) is 4.67. The largest absolute Gasteiger partial charge is 0.323 e. The van der Waals surface area contributed by atoms with Crippen LogP contribution in [0.2, 0.25) is 0 Å². The van der Waals surface area contributed by atoms with Gasteiger partial charge in [0, 0.05) is 20.0 Å². The Morgan fingerprint density at radius 2 is 1.52 bits per heavy atom. The Balaban J connectivity index is 2.05. The molecule has 1 heterocycles. The number of nitrogens with one attached hydrogen (secondary N) is 3. The van der Waals surface area contributed by atoms with Gasteiger partial charge in [0.15, 0.2) is 5.82 Å². The van der Waals surface area contributed by atoms with Gasteiger partial charge in [0.1, 0.15) is 0 Å². The molecule has 142 valence electrons. The molecule has 0 atom stereocenters. The number of hydrazine groups is 1. The van der Waals surface area contributed by atoms with Gasteiger partial charge in [-0.25, -0.2) is 10.8 Å². The van der Waals surface area contributed by atoms with Gasteiger partial charge in [0.05, 0.1) is 12.1 Å². The number of aromatic nitrogens is 1. The summed E-state index contributed by atoms with van der Waals surface area (Å²) in [5, 5.41) is 5.28. The third-order valence-corrected chi connectivity index (χ3v) is 3.80. The van der Waals surface area contributed by atoms with E-state index in [2.05, 4.69) is 21.0 Å². The second-order valence-electron chi connectivity index (χ2n) is 6.16. The number of amides is 3. The molecule has 5 N–H and O–H groups in total. The minimum atomic E-state index is -0.259. The van der Waals surface area contributed by atoms with Crippen LogP contribution in [0.25, 0.3) is 0 Å². The van der Waals surface area contributed by atoms with Crippen molar-refractivity contribution in [1.82, 2.24) is 10.4 Å². The lowest BCUT2D eigenvalue weighted by atomic mass is 10.0. The predicted molar refractivity (Wildman–Crippen MR) is 103 cm³/mol. The van der Waals surface area contributed by atoms with E-state index in [9.17, 15) is 14.4 Å². The SMILES string of the molecule is CC(=O)Nc1cc(CCc2ccc(CC(=O)NN)cc2)cnc1NC(C)=O. The molecular weight excluding hydrogens is 346 g/mol. The summed E-state index contributed by atoms with van der Waals surface area (Å²) in [5.41, 5.74) is 5.50. The molecule has 0 fully saturated rings. The van der Waals surface area contributed by atoms with Crippen LogP contribution in [-0.4, -0.2) is 22.7 Å². The van der Waals surface area contributed by atoms with Crippen LogP contribution in [-0.2, 0) is 33.6 Å². The average Bonchev–Trinajstić information content (AvgIpc) is 2.62. The van der Waals surface area contributed by atoms with Gasteiger partial charge in [-0.1, -0.05) is 24.3 Å². The number of carbonyl (C=O) groups is 3. The van der Waals surface area contributed by atoms with Gasteiger partial charge < -0.3 is 10.6 Å². The maximum absolute atomic E-state index is 11.4. The highest BCUT2D eigenvalue weighted by molar-refractivity contribution is 5.96. The Kier molecular flexibility index (Phi) is 7.01. The molecule has 0 saturated carbocycles. The number of benzene rings is 1. The van der Waals surface area contributed by atoms with E-state index in [4.69, 9.17) is 5.84 Å². The molecule has 2 aromatic rings. The summed E-state index contributed by atoms with van der Waals surface area (Å²) >= 11 is 0. The van der Waals surface area contributed by atoms with Crippen molar-refractivity contribution in [3.8, 4) is 0 Å². The number of nitrogens with zero attached hydrogens (tertiary/aromatic N) is 1. The maximum atomic E-state index is 11.4. The van der Waals surface area contributed by atoms with Gasteiger partial charge >= 0.3 is 0 Å². The van der Waals surface area contributed by atoms with Crippen molar-refractivity contribution in [3.63, 3.8) is 0 Å². The van der Waals surface area contributed by atoms with Crippen LogP contribution in [0, 0.1) is 0 Å². The normalized spacial score (nSPS) is 10.2. The van der Waals surface area contributed by atoms with E-state index in [-0.39, 0.29) is 24.1 Å². The van der Waals surface area contributed by atoms with Crippen molar-refractivity contribution >= 4 is 29.2 Å². The van der Waals surface area contributed by atoms with Gasteiger partial charge in [0.2, 0.25) is 17.7 Å². The van der Waals surface area contributed by atoms with E-state index >= 15 is 0 Å². The van der Waals surface area contributed by atoms with E-state index < -0.39 is 0 Å². The van der Waals surface area contributed by atoms with E-state index in [0.29, 0.717) is 17.9 Å². The summed E-state index contributed by atoms with van der Waals surface area (Å²) in [7, 11) is 0. The van der Waals surface area contributed by atoms with E-state index in [1.54, 1.807) is 12.3 Å². The van der Waals surface area contributed by atoms with Gasteiger partial charge in [-0.15, -0.1) is 0 Å². The highest BCUT2D eigenvalue weighted by Crippen LogP contribution is 2.21. The summed E-state index contributed by atoms with van der Waals surface area (Å²) in [6.45, 7) is 2.78. The zero-order chi connectivity index (χ0) is 19.8. The Morgan fingerprint density at radius 3 is 2.11 bits per heavy atom. The molecule has 1 aromatic carbocycles. The highest BCUT2D eigenvalue weighted by Gasteiger charge is 2.09. The molecule has 0 bridgehead atoms. The van der Waals surface area contributed by atoms with E-state index in [1.807, 2.05) is 24.3 Å². The molecule has 0 aliphatic rings. The summed E-state index contributed by atoms with van der Waals surface area (Å²) in [4.78, 5) is 38.2. The predicted octanol–water partition coefficient (Wildman–Crippen LogP) is 1.32. The number of carbonyl (C=O) groups excluding carboxylic acids is 3. The van der Waals surface area contributed by atoms with Crippen LogP contribution < -0.4 is 21.9 Å². The zero-order valence-electron chi connectivity index (χ0n) is 15.3. The van der Waals surface area contributed by atoms with Crippen LogP contribution in [0.5, 0.6) is 0 Å². The lowest BCUT2D eigenvalue weighted by Gasteiger charge is -2.11. The highest BCUT2D eigenvalue weighted by atomic mass is 16.2. The monoisotopic (exact) mass is 369 g/mol. The molecule has 0 saturated heterocycles. The third kappa shape index (κ3) is 6.52. The quantitative estimate of drug-likeness (QED) is 0.333. The van der Waals surface area contributed by atoms with Gasteiger partial charge in [0.25, 0.3) is 0 Å². The number of aryl methyl sites for hydroxylation is 2. The van der Waals surface area contributed by atoms with Crippen LogP contribution >= 0.6 is 0 Å². The maximum Gasteiger partial charge on any atom is 0.238 e. The molecule has 0 radical (unpaired) electrons. The van der Waals surface area contributed by atoms with Crippen LogP contribution in [0.3, 0.4) is 0 Å². The summed E-state index contributed by atoms with van der Waals surface area (Å²) in [6, 6.07) is 9.52. The van der Waals surface area contributed by atoms with Crippen molar-refractivity contribution < 1.29 is 14.4 Å². The second kappa shape index (κ2) is 9.44. The van der Waals surface area contributed by atoms with E-state index in [0.717, 1.165) is 23.1 Å². The summed E-state index contributed by atoms with van der Waals surface area (Å²) in [6.07, 6.45) is 3.40. The first-order chi connectivity index (χ1) is 12.9. The van der Waals surface area contributed by atoms with E-state index in [1.165, 1.54) is 13.8 Å². The van der Waals surface area contributed by atoms with Crippen molar-refractivity contribution in [2.75, 3.05) is 10.6 Å². The lowest BCUT2D eigenvalue weighted by molar-refractivity contribution is -0.120. The van der Waals surface area contributed by atoms with Crippen molar-refractivity contribution in [2.45, 2.75) is 33.1 Å². The second-order valence-corrected chi connectivity index (χ2v) is 6.16. The molecule has 2 rings (SSSR count). The molecular formula is C19H23N5O3. The zero-order valence-corrected chi connectivity index (χ0v) is 15.3. The minimum absolute atomic E-state index is 0.237. The molecule has 3 amide bonds. The Hall–Kier alpha value is -3.26. The van der Waals surface area contributed by atoms with Gasteiger partial charge in [-0.05, 0) is 35.6 Å². The van der Waals surface area contributed by atoms with Gasteiger partial charge in [-0.3, -0.25) is 19.8 Å². The number of pyridine rings is 1. The van der Waals surface area contributed by atoms with Crippen molar-refractivity contribution in [2.24, 2.45) is 5.84 Å². The third-order valence-electron chi connectivity index (χ3n) is 3.80. The van der Waals surface area contributed by atoms with Crippen LogP contribution in [0.15, 0.2) is 36.5 Å². The molecule has 0 spiro atoms. The first-order valence-corrected chi connectivity index (χ1v) is 8.48. The number of hydrogen-bond donors (Lipinski definition) is 4. The number of nitrogens with two attached hydrogens (primary N) is 1. The first kappa shape index (κ1) is 20.1. The summed E-state index contributed by atoms with van der Waals surface area (Å²) < 4.78 is 0. The smallest absolute Gasteiger partial charge is 0.238 e. The minimum Gasteiger partial charge on any atom is -0.323 e. The average molecular weight is 369 g/mol. The number of hydrogen-bond acceptors (Lipinski definition) is 5. The molecule has 1 aromatic heterocycles. The Bertz CT molecular complexity index is 834. The molecule has 0 aliphatic carbocycles. The fraction of sp³-hybridized carbons (Fsp3) is 0.263. The standard InChI is InChI=1S/C19H23N5O3/c1-12(25)22-17-9-16(11-21-19(17)23-13(2)26)8-5-14-3-6-15(7-4-14)10-18(27)24-20/h3-4,6-7,9,11H,5,8,10,20H2,1-2H3,(H,22,25)(H,24,27)(H,21,23,26). The fourth-order valence-corrected chi connectivity index (χ4v) is 2.54. The molecule has 8 nitrogen and oxygen atoms in total. The van der Waals surface area contributed by atoms with Gasteiger partial charge in [-0.2, -0.15) is 0 Å². The molecule has 0 aliphatic heterocycles. The Labute approximate surface area is 157 Å². The number of rotatable bonds is 7. The van der Waals surface area contributed by atoms with Crippen molar-refractivity contribution in [3.05, 3.63) is 53.2 Å². The Morgan fingerprint density at radius 1 is 0.926 bits per heavy atom. The lowest BCUT2D eigenvalue weighted by Crippen LogP contribution is -2.31. The van der Waals surface area contributed by atoms with Crippen LogP contribution in [0.4, 0.5) is 11.5 Å². The number of anilines is 2.